The van der Waals surface area contributed by atoms with E-state index in [1.807, 2.05) is 19.9 Å². The summed E-state index contributed by atoms with van der Waals surface area (Å²) in [7, 11) is -0.439. The molecule has 24 heavy (non-hydrogen) atoms. The van der Waals surface area contributed by atoms with Crippen molar-refractivity contribution in [3.05, 3.63) is 24.0 Å². The number of aryl methyl sites for hydroxylation is 1. The average Bonchev–Trinajstić information content (AvgIpc) is 2.90. The van der Waals surface area contributed by atoms with E-state index in [2.05, 4.69) is 14.5 Å². The SMILES string of the molecule is CCN(CCO)Cc1nc2cc(S(=O)(=O)N(C)C)ccc2n1CC. The van der Waals surface area contributed by atoms with Crippen LogP contribution in [0, 0.1) is 0 Å². The van der Waals surface area contributed by atoms with Crippen molar-refractivity contribution in [3.63, 3.8) is 0 Å². The topological polar surface area (TPSA) is 78.7 Å². The largest absolute Gasteiger partial charge is 0.395 e. The van der Waals surface area contributed by atoms with Crippen LogP contribution in [-0.2, 0) is 23.1 Å². The maximum atomic E-state index is 12.3. The summed E-state index contributed by atoms with van der Waals surface area (Å²) >= 11 is 0. The van der Waals surface area contributed by atoms with Crippen LogP contribution in [0.5, 0.6) is 0 Å². The molecule has 0 bridgehead atoms. The third-order valence-corrected chi connectivity index (χ3v) is 5.93. The summed E-state index contributed by atoms with van der Waals surface area (Å²) in [6.07, 6.45) is 0. The number of sulfonamides is 1. The van der Waals surface area contributed by atoms with Crippen LogP contribution in [0.2, 0.25) is 0 Å². The normalized spacial score (nSPS) is 12.6. The minimum Gasteiger partial charge on any atom is -0.395 e. The van der Waals surface area contributed by atoms with Crippen LogP contribution < -0.4 is 0 Å². The molecular formula is C16H26N4O3S. The lowest BCUT2D eigenvalue weighted by molar-refractivity contribution is 0.192. The second-order valence-corrected chi connectivity index (χ2v) is 7.95. The number of imidazole rings is 1. The molecule has 0 unspecified atom stereocenters. The van der Waals surface area contributed by atoms with E-state index < -0.39 is 10.0 Å². The predicted octanol–water partition coefficient (Wildman–Crippen LogP) is 1.12. The van der Waals surface area contributed by atoms with Crippen LogP contribution in [0.1, 0.15) is 19.7 Å². The first kappa shape index (κ1) is 18.9. The number of aromatic nitrogens is 2. The van der Waals surface area contributed by atoms with Gasteiger partial charge in [0, 0.05) is 27.2 Å². The quantitative estimate of drug-likeness (QED) is 0.769. The summed E-state index contributed by atoms with van der Waals surface area (Å²) < 4.78 is 27.9. The molecule has 1 N–H and O–H groups in total. The van der Waals surface area contributed by atoms with Crippen molar-refractivity contribution in [2.75, 3.05) is 33.8 Å². The van der Waals surface area contributed by atoms with Crippen molar-refractivity contribution in [1.29, 1.82) is 0 Å². The number of hydrogen-bond acceptors (Lipinski definition) is 5. The van der Waals surface area contributed by atoms with E-state index in [0.29, 0.717) is 18.6 Å². The fourth-order valence-corrected chi connectivity index (χ4v) is 3.62. The Labute approximate surface area is 143 Å². The highest BCUT2D eigenvalue weighted by Gasteiger charge is 2.20. The monoisotopic (exact) mass is 354 g/mol. The lowest BCUT2D eigenvalue weighted by Gasteiger charge is -2.19. The molecule has 0 aliphatic rings. The number of nitrogens with zero attached hydrogens (tertiary/aromatic N) is 4. The third kappa shape index (κ3) is 3.61. The van der Waals surface area contributed by atoms with E-state index in [4.69, 9.17) is 5.11 Å². The van der Waals surface area contributed by atoms with Gasteiger partial charge in [-0.3, -0.25) is 4.90 Å². The summed E-state index contributed by atoms with van der Waals surface area (Å²) in [5.74, 6) is 0.877. The van der Waals surface area contributed by atoms with E-state index in [1.165, 1.54) is 18.4 Å². The molecule has 8 heteroatoms. The Kier molecular flexibility index (Phi) is 5.97. The summed E-state index contributed by atoms with van der Waals surface area (Å²) in [6.45, 7) is 6.95. The highest BCUT2D eigenvalue weighted by molar-refractivity contribution is 7.89. The molecular weight excluding hydrogens is 328 g/mol. The minimum absolute atomic E-state index is 0.103. The van der Waals surface area contributed by atoms with E-state index in [0.717, 1.165) is 24.4 Å². The van der Waals surface area contributed by atoms with E-state index in [9.17, 15) is 8.42 Å². The molecule has 1 aromatic heterocycles. The van der Waals surface area contributed by atoms with Gasteiger partial charge in [-0.1, -0.05) is 6.92 Å². The van der Waals surface area contributed by atoms with Crippen LogP contribution in [-0.4, -0.2) is 66.1 Å². The zero-order chi connectivity index (χ0) is 17.9. The van der Waals surface area contributed by atoms with Crippen LogP contribution in [0.4, 0.5) is 0 Å². The molecule has 2 aromatic rings. The standard InChI is InChI=1S/C16H26N4O3S/c1-5-19(9-10-21)12-16-17-14-11-13(24(22,23)18(3)4)7-8-15(14)20(16)6-2/h7-8,11,21H,5-6,9-10,12H2,1-4H3. The highest BCUT2D eigenvalue weighted by atomic mass is 32.2. The first-order valence-electron chi connectivity index (χ1n) is 8.10. The van der Waals surface area contributed by atoms with Gasteiger partial charge in [-0.05, 0) is 31.7 Å². The van der Waals surface area contributed by atoms with Crippen molar-refractivity contribution in [2.24, 2.45) is 0 Å². The molecule has 0 aliphatic heterocycles. The third-order valence-electron chi connectivity index (χ3n) is 4.12. The van der Waals surface area contributed by atoms with Gasteiger partial charge in [0.15, 0.2) is 0 Å². The van der Waals surface area contributed by atoms with E-state index in [-0.39, 0.29) is 11.5 Å². The zero-order valence-corrected chi connectivity index (χ0v) is 15.5. The first-order valence-corrected chi connectivity index (χ1v) is 9.54. The van der Waals surface area contributed by atoms with Gasteiger partial charge < -0.3 is 9.67 Å². The molecule has 0 radical (unpaired) electrons. The van der Waals surface area contributed by atoms with Gasteiger partial charge in [-0.25, -0.2) is 17.7 Å². The van der Waals surface area contributed by atoms with Gasteiger partial charge in [-0.2, -0.15) is 0 Å². The van der Waals surface area contributed by atoms with Crippen LogP contribution in [0.25, 0.3) is 11.0 Å². The van der Waals surface area contributed by atoms with Crippen molar-refractivity contribution in [2.45, 2.75) is 31.8 Å². The Balaban J connectivity index is 2.48. The number of aliphatic hydroxyl groups is 1. The van der Waals surface area contributed by atoms with E-state index in [1.54, 1.807) is 12.1 Å². The van der Waals surface area contributed by atoms with Gasteiger partial charge in [0.25, 0.3) is 0 Å². The molecule has 134 valence electrons. The fraction of sp³-hybridized carbons (Fsp3) is 0.562. The molecule has 0 aliphatic carbocycles. The van der Waals surface area contributed by atoms with Gasteiger partial charge in [0.05, 0.1) is 29.1 Å². The average molecular weight is 354 g/mol. The van der Waals surface area contributed by atoms with E-state index >= 15 is 0 Å². The van der Waals surface area contributed by atoms with Gasteiger partial charge in [0.1, 0.15) is 5.82 Å². The number of rotatable bonds is 8. The van der Waals surface area contributed by atoms with Crippen LogP contribution in [0.15, 0.2) is 23.1 Å². The molecule has 7 nitrogen and oxygen atoms in total. The van der Waals surface area contributed by atoms with Crippen molar-refractivity contribution in [1.82, 2.24) is 18.8 Å². The van der Waals surface area contributed by atoms with Gasteiger partial charge in [0.2, 0.25) is 10.0 Å². The molecule has 0 saturated carbocycles. The lowest BCUT2D eigenvalue weighted by atomic mass is 10.3. The maximum absolute atomic E-state index is 12.3. The molecule has 0 saturated heterocycles. The molecule has 0 amide bonds. The Morgan fingerprint density at radius 3 is 2.50 bits per heavy atom. The van der Waals surface area contributed by atoms with Gasteiger partial charge >= 0.3 is 0 Å². The van der Waals surface area contributed by atoms with Crippen molar-refractivity contribution >= 4 is 21.1 Å². The molecule has 0 spiro atoms. The van der Waals surface area contributed by atoms with Crippen LogP contribution in [0.3, 0.4) is 0 Å². The summed E-state index contributed by atoms with van der Waals surface area (Å²) in [4.78, 5) is 6.99. The molecule has 0 fully saturated rings. The summed E-state index contributed by atoms with van der Waals surface area (Å²) in [5, 5.41) is 9.15. The summed E-state index contributed by atoms with van der Waals surface area (Å²) in [5.41, 5.74) is 1.60. The second-order valence-electron chi connectivity index (χ2n) is 5.80. The Morgan fingerprint density at radius 2 is 1.96 bits per heavy atom. The minimum atomic E-state index is -3.47. The smallest absolute Gasteiger partial charge is 0.242 e. The molecule has 1 aromatic carbocycles. The molecule has 0 atom stereocenters. The summed E-state index contributed by atoms with van der Waals surface area (Å²) in [6, 6.07) is 5.07. The number of likely N-dealkylation sites (N-methyl/N-ethyl adjacent to an activating group) is 1. The molecule has 1 heterocycles. The second kappa shape index (κ2) is 7.60. The Bertz CT molecular complexity index is 799. The predicted molar refractivity (Wildman–Crippen MR) is 94.3 cm³/mol. The van der Waals surface area contributed by atoms with Crippen LogP contribution >= 0.6 is 0 Å². The number of benzene rings is 1. The fourth-order valence-electron chi connectivity index (χ4n) is 2.69. The Hall–Kier alpha value is -1.48. The maximum Gasteiger partial charge on any atom is 0.242 e. The highest BCUT2D eigenvalue weighted by Crippen LogP contribution is 2.22. The van der Waals surface area contributed by atoms with Gasteiger partial charge in [-0.15, -0.1) is 0 Å². The Morgan fingerprint density at radius 1 is 1.25 bits per heavy atom. The first-order chi connectivity index (χ1) is 11.3. The number of fused-ring (bicyclic) bond motifs is 1. The van der Waals surface area contributed by atoms with Crippen molar-refractivity contribution < 1.29 is 13.5 Å². The van der Waals surface area contributed by atoms with Crippen molar-refractivity contribution in [3.8, 4) is 0 Å². The zero-order valence-electron chi connectivity index (χ0n) is 14.7. The lowest BCUT2D eigenvalue weighted by Crippen LogP contribution is -2.27. The molecule has 2 rings (SSSR count). The number of aliphatic hydroxyl groups excluding tert-OH is 1. The number of hydrogen-bond donors (Lipinski definition) is 1.